The first-order valence-electron chi connectivity index (χ1n) is 6.53. The van der Waals surface area contributed by atoms with Gasteiger partial charge in [-0.15, -0.1) is 0 Å². The Labute approximate surface area is 102 Å². The minimum atomic E-state index is 0.424. The van der Waals surface area contributed by atoms with Crippen molar-refractivity contribution in [3.8, 4) is 0 Å². The topological polar surface area (TPSA) is 26.0 Å². The van der Waals surface area contributed by atoms with Gasteiger partial charge in [-0.2, -0.15) is 0 Å². The molecule has 3 atom stereocenters. The summed E-state index contributed by atoms with van der Waals surface area (Å²) in [5.74, 6) is 0.850. The van der Waals surface area contributed by atoms with E-state index in [1.165, 1.54) is 30.0 Å². The third-order valence-electron chi connectivity index (χ3n) is 4.77. The second-order valence-corrected chi connectivity index (χ2v) is 5.78. The number of rotatable bonds is 1. The van der Waals surface area contributed by atoms with Crippen LogP contribution in [0.25, 0.3) is 10.8 Å². The smallest absolute Gasteiger partial charge is 0.00503 e. The molecule has 2 saturated carbocycles. The van der Waals surface area contributed by atoms with E-state index in [9.17, 15) is 0 Å². The van der Waals surface area contributed by atoms with Gasteiger partial charge in [0.05, 0.1) is 0 Å². The van der Waals surface area contributed by atoms with Crippen LogP contribution in [0.3, 0.4) is 0 Å². The summed E-state index contributed by atoms with van der Waals surface area (Å²) in [6, 6.07) is 15.9. The minimum absolute atomic E-state index is 0.424. The summed E-state index contributed by atoms with van der Waals surface area (Å²) in [4.78, 5) is 0. The highest BCUT2D eigenvalue weighted by atomic mass is 14.8. The molecule has 2 aliphatic rings. The van der Waals surface area contributed by atoms with Crippen molar-refractivity contribution in [3.05, 3.63) is 48.0 Å². The summed E-state index contributed by atoms with van der Waals surface area (Å²) in [6.07, 6.45) is 3.77. The fourth-order valence-electron chi connectivity index (χ4n) is 3.96. The number of hydrogen-bond acceptors (Lipinski definition) is 1. The minimum Gasteiger partial charge on any atom is -0.328 e. The van der Waals surface area contributed by atoms with Crippen molar-refractivity contribution in [2.45, 2.75) is 30.7 Å². The maximum atomic E-state index is 6.12. The molecule has 17 heavy (non-hydrogen) atoms. The summed E-state index contributed by atoms with van der Waals surface area (Å²) >= 11 is 0. The Morgan fingerprint density at radius 2 is 1.82 bits per heavy atom. The SMILES string of the molecule is NC1C[C@H]2C[C@@]2(c2cccc3ccccc23)C1. The molecule has 1 heteroatoms. The summed E-state index contributed by atoms with van der Waals surface area (Å²) < 4.78 is 0. The molecule has 86 valence electrons. The zero-order valence-electron chi connectivity index (χ0n) is 9.89. The lowest BCUT2D eigenvalue weighted by molar-refractivity contribution is 0.585. The molecule has 0 heterocycles. The lowest BCUT2D eigenvalue weighted by Crippen LogP contribution is -2.20. The van der Waals surface area contributed by atoms with Crippen LogP contribution in [-0.2, 0) is 5.41 Å². The van der Waals surface area contributed by atoms with Gasteiger partial charge in [0.2, 0.25) is 0 Å². The molecule has 1 unspecified atom stereocenters. The van der Waals surface area contributed by atoms with E-state index in [-0.39, 0.29) is 0 Å². The fourth-order valence-corrected chi connectivity index (χ4v) is 3.96. The maximum absolute atomic E-state index is 6.12. The molecule has 0 spiro atoms. The van der Waals surface area contributed by atoms with E-state index in [4.69, 9.17) is 5.73 Å². The molecule has 0 saturated heterocycles. The standard InChI is InChI=1S/C16H17N/c17-13-8-12-9-16(12,10-13)15-7-3-5-11-4-1-2-6-14(11)15/h1-7,12-13H,8-10,17H2/t12-,13?,16+/m0/s1. The van der Waals surface area contributed by atoms with Crippen LogP contribution in [0.15, 0.2) is 42.5 Å². The fraction of sp³-hybridized carbons (Fsp3) is 0.375. The Hall–Kier alpha value is -1.34. The van der Waals surface area contributed by atoms with Crippen molar-refractivity contribution >= 4 is 10.8 Å². The number of nitrogens with two attached hydrogens (primary N) is 1. The van der Waals surface area contributed by atoms with Crippen LogP contribution < -0.4 is 5.73 Å². The van der Waals surface area contributed by atoms with Crippen molar-refractivity contribution in [3.63, 3.8) is 0 Å². The Morgan fingerprint density at radius 1 is 1.00 bits per heavy atom. The number of hydrogen-bond donors (Lipinski definition) is 1. The molecule has 2 aliphatic carbocycles. The zero-order chi connectivity index (χ0) is 11.5. The molecule has 2 N–H and O–H groups in total. The van der Waals surface area contributed by atoms with Crippen LogP contribution in [0.4, 0.5) is 0 Å². The van der Waals surface area contributed by atoms with Gasteiger partial charge < -0.3 is 5.73 Å². The van der Waals surface area contributed by atoms with Gasteiger partial charge in [-0.1, -0.05) is 42.5 Å². The van der Waals surface area contributed by atoms with Gasteiger partial charge in [-0.05, 0) is 41.5 Å². The molecule has 1 nitrogen and oxygen atoms in total. The number of benzene rings is 2. The highest BCUT2D eigenvalue weighted by Gasteiger charge is 2.60. The zero-order valence-corrected chi connectivity index (χ0v) is 9.89. The molecule has 0 aromatic heterocycles. The van der Waals surface area contributed by atoms with E-state index >= 15 is 0 Å². The summed E-state index contributed by atoms with van der Waals surface area (Å²) in [6.45, 7) is 0. The molecular formula is C16H17N. The van der Waals surface area contributed by atoms with Gasteiger partial charge in [0.15, 0.2) is 0 Å². The van der Waals surface area contributed by atoms with Gasteiger partial charge in [0.25, 0.3) is 0 Å². The lowest BCUT2D eigenvalue weighted by Gasteiger charge is -2.17. The first-order valence-corrected chi connectivity index (χ1v) is 6.53. The van der Waals surface area contributed by atoms with E-state index in [0.29, 0.717) is 11.5 Å². The second-order valence-electron chi connectivity index (χ2n) is 5.78. The Kier molecular flexibility index (Phi) is 1.77. The Morgan fingerprint density at radius 3 is 2.65 bits per heavy atom. The predicted molar refractivity (Wildman–Crippen MR) is 70.9 cm³/mol. The van der Waals surface area contributed by atoms with E-state index in [1.807, 2.05) is 0 Å². The van der Waals surface area contributed by atoms with Crippen molar-refractivity contribution in [1.82, 2.24) is 0 Å². The van der Waals surface area contributed by atoms with Gasteiger partial charge in [-0.25, -0.2) is 0 Å². The third kappa shape index (κ3) is 1.23. The average molecular weight is 223 g/mol. The first-order chi connectivity index (χ1) is 8.29. The van der Waals surface area contributed by atoms with Crippen LogP contribution in [0.1, 0.15) is 24.8 Å². The molecule has 0 aliphatic heterocycles. The largest absolute Gasteiger partial charge is 0.328 e. The van der Waals surface area contributed by atoms with Crippen LogP contribution in [0.2, 0.25) is 0 Å². The first kappa shape index (κ1) is 9.67. The molecule has 2 aromatic rings. The lowest BCUT2D eigenvalue weighted by atomic mass is 9.88. The molecular weight excluding hydrogens is 206 g/mol. The van der Waals surface area contributed by atoms with Gasteiger partial charge in [-0.3, -0.25) is 0 Å². The normalized spacial score (nSPS) is 34.9. The molecule has 2 aromatic carbocycles. The van der Waals surface area contributed by atoms with Crippen molar-refractivity contribution < 1.29 is 0 Å². The van der Waals surface area contributed by atoms with Crippen LogP contribution in [0, 0.1) is 5.92 Å². The predicted octanol–water partition coefficient (Wildman–Crippen LogP) is 3.22. The molecule has 0 bridgehead atoms. The van der Waals surface area contributed by atoms with E-state index in [0.717, 1.165) is 5.92 Å². The number of fused-ring (bicyclic) bond motifs is 2. The van der Waals surface area contributed by atoms with Crippen LogP contribution >= 0.6 is 0 Å². The van der Waals surface area contributed by atoms with Crippen molar-refractivity contribution in [1.29, 1.82) is 0 Å². The molecule has 0 amide bonds. The molecule has 4 rings (SSSR count). The summed E-state index contributed by atoms with van der Waals surface area (Å²) in [7, 11) is 0. The van der Waals surface area contributed by atoms with Crippen LogP contribution in [-0.4, -0.2) is 6.04 Å². The second kappa shape index (κ2) is 3.11. The summed E-state index contributed by atoms with van der Waals surface area (Å²) in [5, 5.41) is 2.80. The Bertz CT molecular complexity index is 584. The summed E-state index contributed by atoms with van der Waals surface area (Å²) in [5.41, 5.74) is 8.10. The highest BCUT2D eigenvalue weighted by molar-refractivity contribution is 5.87. The van der Waals surface area contributed by atoms with Gasteiger partial charge >= 0.3 is 0 Å². The van der Waals surface area contributed by atoms with Crippen LogP contribution in [0.5, 0.6) is 0 Å². The molecule has 0 radical (unpaired) electrons. The monoisotopic (exact) mass is 223 g/mol. The quantitative estimate of drug-likeness (QED) is 0.789. The molecule has 2 fully saturated rings. The van der Waals surface area contributed by atoms with E-state index in [2.05, 4.69) is 42.5 Å². The third-order valence-corrected chi connectivity index (χ3v) is 4.77. The maximum Gasteiger partial charge on any atom is 0.00503 e. The van der Waals surface area contributed by atoms with Crippen molar-refractivity contribution in [2.75, 3.05) is 0 Å². The van der Waals surface area contributed by atoms with E-state index < -0.39 is 0 Å². The van der Waals surface area contributed by atoms with Gasteiger partial charge in [0, 0.05) is 11.5 Å². The van der Waals surface area contributed by atoms with Gasteiger partial charge in [0.1, 0.15) is 0 Å². The Balaban J connectivity index is 1.92. The van der Waals surface area contributed by atoms with E-state index in [1.54, 1.807) is 5.56 Å². The van der Waals surface area contributed by atoms with Crippen molar-refractivity contribution in [2.24, 2.45) is 11.7 Å². The highest BCUT2D eigenvalue weighted by Crippen LogP contribution is 2.64. The average Bonchev–Trinajstić information content (AvgIpc) is 2.92.